The molecule has 0 saturated heterocycles. The van der Waals surface area contributed by atoms with Gasteiger partial charge in [-0.1, -0.05) is 12.2 Å². The number of carbonyl (C=O) groups excluding carboxylic acids is 1. The molecule has 0 spiro atoms. The van der Waals surface area contributed by atoms with E-state index >= 15 is 0 Å². The standard InChI is InChI=1S/C10H9F3O2.Cl2O2S/c1-2-15-9-5-3-4-8(7(9)6-14)10(11,12)13;1-5(2,3)4/h3-5,9H,2H2,1H3;. The van der Waals surface area contributed by atoms with Gasteiger partial charge in [0.15, 0.2) is 0 Å². The topological polar surface area (TPSA) is 60.4 Å². The van der Waals surface area contributed by atoms with Gasteiger partial charge in [0.05, 0.1) is 11.1 Å². The third-order valence-corrected chi connectivity index (χ3v) is 1.89. The van der Waals surface area contributed by atoms with E-state index in [0.717, 1.165) is 6.08 Å². The van der Waals surface area contributed by atoms with Crippen LogP contribution in [0.3, 0.4) is 0 Å². The highest BCUT2D eigenvalue weighted by molar-refractivity contribution is 8.31. The molecule has 0 N–H and O–H groups in total. The van der Waals surface area contributed by atoms with E-state index in [1.807, 2.05) is 0 Å². The maximum Gasteiger partial charge on any atom is 0.417 e. The summed E-state index contributed by atoms with van der Waals surface area (Å²) in [7, 11) is 4.81. The molecule has 0 aromatic heterocycles. The normalized spacial score (nSPS) is 18.8. The fraction of sp³-hybridized carbons (Fsp3) is 0.400. The summed E-state index contributed by atoms with van der Waals surface area (Å²) < 4.78 is 60.6. The van der Waals surface area contributed by atoms with E-state index in [1.165, 1.54) is 18.1 Å². The van der Waals surface area contributed by atoms with Gasteiger partial charge >= 0.3 is 14.4 Å². The molecule has 0 aromatic rings. The summed E-state index contributed by atoms with van der Waals surface area (Å²) in [4.78, 5) is 10.5. The third-order valence-electron chi connectivity index (χ3n) is 1.89. The van der Waals surface area contributed by atoms with Gasteiger partial charge < -0.3 is 4.74 Å². The van der Waals surface area contributed by atoms with Crippen molar-refractivity contribution in [1.29, 1.82) is 0 Å². The minimum Gasteiger partial charge on any atom is -0.369 e. The molecule has 1 aliphatic rings. The Kier molecular flexibility index (Phi) is 7.54. The minimum atomic E-state index is -4.55. The van der Waals surface area contributed by atoms with Crippen LogP contribution in [0, 0.1) is 0 Å². The van der Waals surface area contributed by atoms with E-state index in [0.29, 0.717) is 0 Å². The molecule has 1 aliphatic carbocycles. The smallest absolute Gasteiger partial charge is 0.369 e. The maximum atomic E-state index is 12.4. The highest BCUT2D eigenvalue weighted by Crippen LogP contribution is 2.34. The van der Waals surface area contributed by atoms with Gasteiger partial charge in [-0.3, -0.25) is 0 Å². The Balaban J connectivity index is 0.000000621. The first kappa shape index (κ1) is 19.2. The molecule has 4 nitrogen and oxygen atoms in total. The van der Waals surface area contributed by atoms with E-state index in [-0.39, 0.29) is 6.61 Å². The molecule has 0 aromatic carbocycles. The van der Waals surface area contributed by atoms with Crippen LogP contribution in [0.2, 0.25) is 0 Å². The molecule has 1 unspecified atom stereocenters. The van der Waals surface area contributed by atoms with Gasteiger partial charge in [0.25, 0.3) is 0 Å². The number of rotatable bonds is 2. The number of alkyl halides is 3. The van der Waals surface area contributed by atoms with Crippen LogP contribution in [0.25, 0.3) is 0 Å². The van der Waals surface area contributed by atoms with Crippen molar-refractivity contribution in [3.63, 3.8) is 0 Å². The fourth-order valence-corrected chi connectivity index (χ4v) is 1.27. The SMILES string of the molecule is CCOC1C=CC=C(C(F)(F)F)C1=C=O.O=S(=O)(Cl)Cl. The molecule has 0 aliphatic heterocycles. The molecule has 0 saturated carbocycles. The maximum absolute atomic E-state index is 12.4. The van der Waals surface area contributed by atoms with E-state index in [1.54, 1.807) is 6.92 Å². The molecular formula is C10H9Cl2F3O4S. The number of halogens is 5. The molecule has 1 atom stereocenters. The Bertz CT molecular complexity index is 537. The van der Waals surface area contributed by atoms with Crippen LogP contribution < -0.4 is 0 Å². The summed E-state index contributed by atoms with van der Waals surface area (Å²) in [5.41, 5.74) is -1.48. The second-order valence-electron chi connectivity index (χ2n) is 3.23. The Hall–Kier alpha value is -0.790. The second-order valence-corrected chi connectivity index (χ2v) is 6.90. The van der Waals surface area contributed by atoms with Gasteiger partial charge in [0.2, 0.25) is 0 Å². The summed E-state index contributed by atoms with van der Waals surface area (Å²) in [6, 6.07) is 0. The highest BCUT2D eigenvalue weighted by Gasteiger charge is 2.39. The van der Waals surface area contributed by atoms with Gasteiger partial charge in [-0.2, -0.15) is 21.6 Å². The monoisotopic (exact) mass is 352 g/mol. The van der Waals surface area contributed by atoms with E-state index in [9.17, 15) is 18.0 Å². The summed E-state index contributed by atoms with van der Waals surface area (Å²) >= 11 is 0. The summed E-state index contributed by atoms with van der Waals surface area (Å²) in [5, 5.41) is 0. The molecule has 10 heteroatoms. The van der Waals surface area contributed by atoms with Crippen molar-refractivity contribution in [1.82, 2.24) is 0 Å². The van der Waals surface area contributed by atoms with Gasteiger partial charge in [-0.05, 0) is 13.0 Å². The Labute approximate surface area is 122 Å². The minimum absolute atomic E-state index is 0.228. The van der Waals surface area contributed by atoms with Gasteiger partial charge in [-0.15, -0.1) is 0 Å². The average molecular weight is 353 g/mol. The number of allylic oxidation sites excluding steroid dienone is 2. The van der Waals surface area contributed by atoms with Crippen LogP contribution in [-0.4, -0.2) is 33.2 Å². The zero-order chi connectivity index (χ0) is 16.0. The van der Waals surface area contributed by atoms with Crippen LogP contribution >= 0.6 is 21.4 Å². The molecule has 0 heterocycles. The predicted molar refractivity (Wildman–Crippen MR) is 68.5 cm³/mol. The van der Waals surface area contributed by atoms with Crippen molar-refractivity contribution < 1.29 is 31.1 Å². The molecule has 0 amide bonds. The van der Waals surface area contributed by atoms with Crippen molar-refractivity contribution in [3.05, 3.63) is 29.4 Å². The highest BCUT2D eigenvalue weighted by atomic mass is 36.0. The lowest BCUT2D eigenvalue weighted by molar-refractivity contribution is -0.0911. The van der Waals surface area contributed by atoms with Crippen molar-refractivity contribution in [2.45, 2.75) is 19.2 Å². The van der Waals surface area contributed by atoms with E-state index in [2.05, 4.69) is 21.4 Å². The second kappa shape index (κ2) is 7.85. The van der Waals surface area contributed by atoms with Gasteiger partial charge in [0, 0.05) is 28.0 Å². The molecule has 114 valence electrons. The molecule has 20 heavy (non-hydrogen) atoms. The summed E-state index contributed by atoms with van der Waals surface area (Å²) in [6.45, 7) is 1.87. The fourth-order valence-electron chi connectivity index (χ4n) is 1.27. The van der Waals surface area contributed by atoms with Crippen LogP contribution in [-0.2, 0) is 17.8 Å². The van der Waals surface area contributed by atoms with E-state index in [4.69, 9.17) is 13.2 Å². The van der Waals surface area contributed by atoms with Crippen molar-refractivity contribution in [2.75, 3.05) is 6.61 Å². The Morgan fingerprint density at radius 2 is 1.90 bits per heavy atom. The molecule has 0 bridgehead atoms. The first-order chi connectivity index (χ1) is 9.00. The zero-order valence-corrected chi connectivity index (χ0v) is 12.3. The Morgan fingerprint density at radius 1 is 1.40 bits per heavy atom. The number of hydrogen-bond acceptors (Lipinski definition) is 4. The molecule has 1 rings (SSSR count). The lowest BCUT2D eigenvalue weighted by Gasteiger charge is -2.21. The largest absolute Gasteiger partial charge is 0.417 e. The van der Waals surface area contributed by atoms with Crippen molar-refractivity contribution in [3.8, 4) is 0 Å². The van der Waals surface area contributed by atoms with Crippen LogP contribution in [0.15, 0.2) is 29.4 Å². The Morgan fingerprint density at radius 3 is 2.25 bits per heavy atom. The quantitative estimate of drug-likeness (QED) is 0.566. The molecule has 0 radical (unpaired) electrons. The molecular weight excluding hydrogens is 344 g/mol. The van der Waals surface area contributed by atoms with Crippen molar-refractivity contribution in [2.24, 2.45) is 0 Å². The first-order valence-corrected chi connectivity index (χ1v) is 8.11. The lowest BCUT2D eigenvalue weighted by Crippen LogP contribution is -2.25. The van der Waals surface area contributed by atoms with Crippen LogP contribution in [0.4, 0.5) is 13.2 Å². The molecule has 0 fully saturated rings. The van der Waals surface area contributed by atoms with Crippen molar-refractivity contribution >= 4 is 35.6 Å². The lowest BCUT2D eigenvalue weighted by atomic mass is 9.96. The van der Waals surface area contributed by atoms with Gasteiger partial charge in [0.1, 0.15) is 12.0 Å². The van der Waals surface area contributed by atoms with E-state index < -0.39 is 31.7 Å². The first-order valence-electron chi connectivity index (χ1n) is 4.97. The summed E-state index contributed by atoms with van der Waals surface area (Å²) in [6.07, 6.45) is -2.04. The number of hydrogen-bond donors (Lipinski definition) is 0. The predicted octanol–water partition coefficient (Wildman–Crippen LogP) is 2.92. The zero-order valence-electron chi connectivity index (χ0n) is 9.95. The summed E-state index contributed by atoms with van der Waals surface area (Å²) in [5.74, 6) is 1.30. The van der Waals surface area contributed by atoms with Gasteiger partial charge in [-0.25, -0.2) is 4.79 Å². The third kappa shape index (κ3) is 7.72. The number of ether oxygens (including phenoxy) is 1. The average Bonchev–Trinajstić information content (AvgIpc) is 2.25. The van der Waals surface area contributed by atoms with Crippen LogP contribution in [0.5, 0.6) is 0 Å². The van der Waals surface area contributed by atoms with Crippen LogP contribution in [0.1, 0.15) is 6.92 Å².